The molecule has 0 spiro atoms. The fraction of sp³-hybridized carbons (Fsp3) is 0.250. The number of hydrogen-bond acceptors (Lipinski definition) is 4. The Balaban J connectivity index is 1.68. The minimum atomic E-state index is -3.11. The molecule has 3 aromatic rings. The summed E-state index contributed by atoms with van der Waals surface area (Å²) in [4.78, 5) is 0. The lowest BCUT2D eigenvalue weighted by atomic mass is 9.79. The maximum absolute atomic E-state index is 14.7. The summed E-state index contributed by atoms with van der Waals surface area (Å²) in [6, 6.07) is 22.9. The first-order chi connectivity index (χ1) is 14.2. The molecule has 1 unspecified atom stereocenters. The van der Waals surface area contributed by atoms with E-state index in [1.807, 2.05) is 100 Å². The zero-order valence-corrected chi connectivity index (χ0v) is 18.5. The van der Waals surface area contributed by atoms with Gasteiger partial charge in [0.15, 0.2) is 7.14 Å². The minimum Gasteiger partial charge on any atom is -0.456 e. The van der Waals surface area contributed by atoms with Gasteiger partial charge in [-0.1, -0.05) is 48.5 Å². The van der Waals surface area contributed by atoms with Gasteiger partial charge in [-0.05, 0) is 57.4 Å². The Labute approximate surface area is 177 Å². The van der Waals surface area contributed by atoms with Crippen LogP contribution in [0.5, 0.6) is 11.5 Å². The summed E-state index contributed by atoms with van der Waals surface area (Å²) in [5, 5.41) is 2.18. The SMILES string of the molecule is CC1(C)OB(c2ccc3c(c2)P(=O)(c2ccccc2)c2ccccc2O3)OC1(C)C. The van der Waals surface area contributed by atoms with E-state index in [1.165, 1.54) is 0 Å². The largest absolute Gasteiger partial charge is 0.494 e. The second kappa shape index (κ2) is 6.59. The Morgan fingerprint density at radius 1 is 0.733 bits per heavy atom. The molecule has 0 saturated carbocycles. The van der Waals surface area contributed by atoms with Gasteiger partial charge in [0.2, 0.25) is 0 Å². The van der Waals surface area contributed by atoms with Gasteiger partial charge < -0.3 is 18.6 Å². The van der Waals surface area contributed by atoms with Crippen LogP contribution in [0.1, 0.15) is 27.7 Å². The standard InChI is InChI=1S/C24H24BO4P/c1-23(2)24(3,4)29-25(28-23)17-14-15-20-22(16-17)30(26,18-10-6-5-7-11-18)21-13-9-8-12-19(21)27-20/h5-16H,1-4H3. The van der Waals surface area contributed by atoms with E-state index in [0.29, 0.717) is 16.8 Å². The van der Waals surface area contributed by atoms with Crippen molar-refractivity contribution in [1.82, 2.24) is 0 Å². The van der Waals surface area contributed by atoms with E-state index in [0.717, 1.165) is 16.1 Å². The molecule has 5 rings (SSSR count). The molecule has 0 amide bonds. The van der Waals surface area contributed by atoms with Gasteiger partial charge in [0.05, 0.1) is 21.8 Å². The maximum atomic E-state index is 14.7. The molecule has 2 aliphatic rings. The summed E-state index contributed by atoms with van der Waals surface area (Å²) >= 11 is 0. The van der Waals surface area contributed by atoms with Gasteiger partial charge in [0.1, 0.15) is 11.5 Å². The number of benzene rings is 3. The molecule has 0 N–H and O–H groups in total. The molecular formula is C24H24BO4P. The highest BCUT2D eigenvalue weighted by Crippen LogP contribution is 2.51. The molecule has 2 heterocycles. The van der Waals surface area contributed by atoms with Crippen molar-refractivity contribution < 1.29 is 18.6 Å². The molecule has 0 aliphatic carbocycles. The van der Waals surface area contributed by atoms with Crippen molar-refractivity contribution in [3.8, 4) is 11.5 Å². The third-order valence-electron chi connectivity index (χ3n) is 6.39. The molecule has 0 radical (unpaired) electrons. The van der Waals surface area contributed by atoms with Crippen molar-refractivity contribution in [2.24, 2.45) is 0 Å². The lowest BCUT2D eigenvalue weighted by Crippen LogP contribution is -2.41. The number of hydrogen-bond donors (Lipinski definition) is 0. The van der Waals surface area contributed by atoms with Crippen molar-refractivity contribution in [3.63, 3.8) is 0 Å². The lowest BCUT2D eigenvalue weighted by Gasteiger charge is -2.32. The lowest BCUT2D eigenvalue weighted by molar-refractivity contribution is 0.00578. The summed E-state index contributed by atoms with van der Waals surface area (Å²) in [5.74, 6) is 1.25. The maximum Gasteiger partial charge on any atom is 0.494 e. The van der Waals surface area contributed by atoms with E-state index in [9.17, 15) is 4.57 Å². The van der Waals surface area contributed by atoms with Crippen LogP contribution in [-0.2, 0) is 13.9 Å². The molecule has 4 nitrogen and oxygen atoms in total. The van der Waals surface area contributed by atoms with E-state index in [4.69, 9.17) is 14.0 Å². The van der Waals surface area contributed by atoms with Crippen LogP contribution in [0.25, 0.3) is 0 Å². The summed E-state index contributed by atoms with van der Waals surface area (Å²) in [7, 11) is -3.64. The highest BCUT2D eigenvalue weighted by molar-refractivity contribution is 7.85. The van der Waals surface area contributed by atoms with E-state index >= 15 is 0 Å². The van der Waals surface area contributed by atoms with Gasteiger partial charge in [-0.2, -0.15) is 0 Å². The van der Waals surface area contributed by atoms with Crippen LogP contribution >= 0.6 is 7.14 Å². The molecule has 6 heteroatoms. The Kier molecular flexibility index (Phi) is 4.31. The Morgan fingerprint density at radius 2 is 1.33 bits per heavy atom. The van der Waals surface area contributed by atoms with Crippen molar-refractivity contribution >= 4 is 35.6 Å². The Bertz CT molecular complexity index is 1160. The fourth-order valence-corrected chi connectivity index (χ4v) is 6.86. The topological polar surface area (TPSA) is 44.8 Å². The van der Waals surface area contributed by atoms with Gasteiger partial charge in [-0.25, -0.2) is 0 Å². The van der Waals surface area contributed by atoms with E-state index in [-0.39, 0.29) is 0 Å². The van der Waals surface area contributed by atoms with Crippen molar-refractivity contribution in [2.45, 2.75) is 38.9 Å². The average Bonchev–Trinajstić information content (AvgIpc) is 2.96. The fourth-order valence-electron chi connectivity index (χ4n) is 3.96. The monoisotopic (exact) mass is 418 g/mol. The summed E-state index contributed by atoms with van der Waals surface area (Å²) < 4.78 is 33.3. The van der Waals surface area contributed by atoms with Crippen LogP contribution in [0.15, 0.2) is 72.8 Å². The molecule has 3 aromatic carbocycles. The second-order valence-electron chi connectivity index (χ2n) is 8.83. The smallest absolute Gasteiger partial charge is 0.456 e. The number of ether oxygens (including phenoxy) is 1. The number of rotatable bonds is 2. The van der Waals surface area contributed by atoms with Gasteiger partial charge in [0.25, 0.3) is 0 Å². The van der Waals surface area contributed by atoms with Crippen LogP contribution in [0.2, 0.25) is 0 Å². The van der Waals surface area contributed by atoms with Gasteiger partial charge in [-0.15, -0.1) is 0 Å². The van der Waals surface area contributed by atoms with Crippen molar-refractivity contribution in [2.75, 3.05) is 0 Å². The van der Waals surface area contributed by atoms with Crippen LogP contribution in [0.3, 0.4) is 0 Å². The number of para-hydroxylation sites is 1. The van der Waals surface area contributed by atoms with Crippen molar-refractivity contribution in [3.05, 3.63) is 72.8 Å². The highest BCUT2D eigenvalue weighted by Gasteiger charge is 2.52. The summed E-state index contributed by atoms with van der Waals surface area (Å²) in [5.41, 5.74) is -0.0499. The van der Waals surface area contributed by atoms with E-state index in [2.05, 4.69) is 0 Å². The average molecular weight is 418 g/mol. The molecule has 0 aromatic heterocycles. The van der Waals surface area contributed by atoms with E-state index in [1.54, 1.807) is 0 Å². The highest BCUT2D eigenvalue weighted by atomic mass is 31.2. The summed E-state index contributed by atoms with van der Waals surface area (Å²) in [6.07, 6.45) is 0. The van der Waals surface area contributed by atoms with Gasteiger partial charge >= 0.3 is 7.12 Å². The van der Waals surface area contributed by atoms with E-state index < -0.39 is 25.5 Å². The first-order valence-electron chi connectivity index (χ1n) is 10.2. The minimum absolute atomic E-state index is 0.445. The van der Waals surface area contributed by atoms with Crippen LogP contribution in [-0.4, -0.2) is 18.3 Å². The number of fused-ring (bicyclic) bond motifs is 2. The van der Waals surface area contributed by atoms with Crippen LogP contribution in [0.4, 0.5) is 0 Å². The third-order valence-corrected chi connectivity index (χ3v) is 9.49. The zero-order valence-electron chi connectivity index (χ0n) is 17.6. The molecule has 2 aliphatic heterocycles. The molecule has 152 valence electrons. The van der Waals surface area contributed by atoms with Crippen LogP contribution < -0.4 is 26.1 Å². The molecule has 1 saturated heterocycles. The Hall–Kier alpha value is -2.33. The van der Waals surface area contributed by atoms with Gasteiger partial charge in [-0.3, -0.25) is 0 Å². The third kappa shape index (κ3) is 2.80. The first-order valence-corrected chi connectivity index (χ1v) is 11.9. The normalized spacial score (nSPS) is 23.4. The first kappa shape index (κ1) is 19.6. The quantitative estimate of drug-likeness (QED) is 0.368. The molecular weight excluding hydrogens is 394 g/mol. The molecule has 1 fully saturated rings. The molecule has 0 bridgehead atoms. The predicted molar refractivity (Wildman–Crippen MR) is 122 cm³/mol. The zero-order chi connectivity index (χ0) is 21.1. The molecule has 30 heavy (non-hydrogen) atoms. The second-order valence-corrected chi connectivity index (χ2v) is 11.5. The molecule has 1 atom stereocenters. The summed E-state index contributed by atoms with van der Waals surface area (Å²) in [6.45, 7) is 8.11. The van der Waals surface area contributed by atoms with Crippen LogP contribution in [0, 0.1) is 0 Å². The Morgan fingerprint density at radius 3 is 2.03 bits per heavy atom. The van der Waals surface area contributed by atoms with Gasteiger partial charge in [0, 0.05) is 5.30 Å². The predicted octanol–water partition coefficient (Wildman–Crippen LogP) is 3.73. The van der Waals surface area contributed by atoms with Crippen molar-refractivity contribution in [1.29, 1.82) is 0 Å².